The average molecular weight is 146 g/mol. The lowest BCUT2D eigenvalue weighted by Gasteiger charge is -2.06. The summed E-state index contributed by atoms with van der Waals surface area (Å²) in [6.45, 7) is 8.38. The predicted octanol–water partition coefficient (Wildman–Crippen LogP) is 3.16. The Kier molecular flexibility index (Phi) is 3.26. The van der Waals surface area contributed by atoms with E-state index in [1.54, 1.807) is 20.8 Å². The Balaban J connectivity index is 4.61. The van der Waals surface area contributed by atoms with Gasteiger partial charge in [0.15, 0.2) is 0 Å². The van der Waals surface area contributed by atoms with Crippen LogP contribution in [0.5, 0.6) is 0 Å². The van der Waals surface area contributed by atoms with Gasteiger partial charge in [0.25, 0.3) is 6.43 Å². The van der Waals surface area contributed by atoms with Crippen LogP contribution in [0.15, 0.2) is 23.3 Å². The molecule has 0 spiro atoms. The van der Waals surface area contributed by atoms with Gasteiger partial charge in [0.2, 0.25) is 0 Å². The molecule has 0 fully saturated rings. The van der Waals surface area contributed by atoms with Crippen LogP contribution in [0.1, 0.15) is 20.8 Å². The molecule has 0 rings (SSSR count). The van der Waals surface area contributed by atoms with E-state index in [4.69, 9.17) is 0 Å². The van der Waals surface area contributed by atoms with Gasteiger partial charge in [0, 0.05) is 5.57 Å². The van der Waals surface area contributed by atoms with E-state index in [9.17, 15) is 8.78 Å². The first-order valence-electron chi connectivity index (χ1n) is 3.08. The van der Waals surface area contributed by atoms with Crippen molar-refractivity contribution in [2.45, 2.75) is 27.2 Å². The van der Waals surface area contributed by atoms with E-state index in [1.807, 2.05) is 0 Å². The minimum Gasteiger partial charge on any atom is -0.205 e. The maximum absolute atomic E-state index is 12.1. The second kappa shape index (κ2) is 3.49. The Morgan fingerprint density at radius 1 is 1.20 bits per heavy atom. The first-order valence-corrected chi connectivity index (χ1v) is 3.08. The van der Waals surface area contributed by atoms with Gasteiger partial charge in [-0.25, -0.2) is 8.78 Å². The number of halogens is 2. The third-order valence-corrected chi connectivity index (χ3v) is 1.22. The molecule has 0 unspecified atom stereocenters. The Bertz CT molecular complexity index is 162. The lowest BCUT2D eigenvalue weighted by molar-refractivity contribution is 0.191. The standard InChI is InChI=1S/C8H12F2/c1-5(2)7(6(3)4)8(9)10/h8H,1H2,2-4H3. The van der Waals surface area contributed by atoms with Crippen LogP contribution in [-0.2, 0) is 0 Å². The second-order valence-corrected chi connectivity index (χ2v) is 2.49. The Morgan fingerprint density at radius 2 is 1.60 bits per heavy atom. The fourth-order valence-corrected chi connectivity index (χ4v) is 0.831. The van der Waals surface area contributed by atoms with Crippen molar-refractivity contribution in [3.8, 4) is 0 Å². The largest absolute Gasteiger partial charge is 0.264 e. The summed E-state index contributed by atoms with van der Waals surface area (Å²) in [5.41, 5.74) is 1.18. The molecule has 0 aromatic carbocycles. The topological polar surface area (TPSA) is 0 Å². The number of alkyl halides is 2. The second-order valence-electron chi connectivity index (χ2n) is 2.49. The van der Waals surface area contributed by atoms with Crippen molar-refractivity contribution in [1.82, 2.24) is 0 Å². The quantitative estimate of drug-likeness (QED) is 0.525. The predicted molar refractivity (Wildman–Crippen MR) is 39.2 cm³/mol. The summed E-state index contributed by atoms with van der Waals surface area (Å²) in [6.07, 6.45) is -2.39. The number of allylic oxidation sites excluding steroid dienone is 3. The van der Waals surface area contributed by atoms with Gasteiger partial charge in [-0.1, -0.05) is 12.2 Å². The van der Waals surface area contributed by atoms with Crippen LogP contribution in [0.3, 0.4) is 0 Å². The first-order chi connectivity index (χ1) is 4.46. The van der Waals surface area contributed by atoms with Gasteiger partial charge in [-0.3, -0.25) is 0 Å². The van der Waals surface area contributed by atoms with Gasteiger partial charge in [-0.15, -0.1) is 0 Å². The van der Waals surface area contributed by atoms with E-state index in [2.05, 4.69) is 6.58 Å². The zero-order chi connectivity index (χ0) is 8.31. The highest BCUT2D eigenvalue weighted by Crippen LogP contribution is 2.19. The van der Waals surface area contributed by atoms with Crippen LogP contribution < -0.4 is 0 Å². The van der Waals surface area contributed by atoms with E-state index < -0.39 is 6.43 Å². The fraction of sp³-hybridized carbons (Fsp3) is 0.500. The van der Waals surface area contributed by atoms with Gasteiger partial charge < -0.3 is 0 Å². The normalized spacial score (nSPS) is 9.80. The van der Waals surface area contributed by atoms with Crippen LogP contribution in [0, 0.1) is 0 Å². The molecule has 0 aliphatic rings. The van der Waals surface area contributed by atoms with Gasteiger partial charge in [-0.05, 0) is 26.3 Å². The maximum Gasteiger partial charge on any atom is 0.264 e. The lowest BCUT2D eigenvalue weighted by atomic mass is 10.1. The molecular formula is C8H12F2. The molecule has 0 heterocycles. The Morgan fingerprint density at radius 3 is 1.60 bits per heavy atom. The van der Waals surface area contributed by atoms with Crippen LogP contribution >= 0.6 is 0 Å². The molecule has 0 atom stereocenters. The van der Waals surface area contributed by atoms with Crippen molar-refractivity contribution < 1.29 is 8.78 Å². The first kappa shape index (κ1) is 9.34. The van der Waals surface area contributed by atoms with Crippen LogP contribution in [0.2, 0.25) is 0 Å². The Labute approximate surface area is 60.2 Å². The van der Waals surface area contributed by atoms with Crippen molar-refractivity contribution in [2.24, 2.45) is 0 Å². The highest BCUT2D eigenvalue weighted by atomic mass is 19.3. The highest BCUT2D eigenvalue weighted by molar-refractivity contribution is 5.31. The van der Waals surface area contributed by atoms with Gasteiger partial charge in [0.05, 0.1) is 0 Å². The summed E-state index contributed by atoms with van der Waals surface area (Å²) in [4.78, 5) is 0. The molecule has 0 aromatic rings. The van der Waals surface area contributed by atoms with E-state index in [0.29, 0.717) is 11.1 Å². The smallest absolute Gasteiger partial charge is 0.205 e. The molecule has 0 N–H and O–H groups in total. The molecule has 0 nitrogen and oxygen atoms in total. The average Bonchev–Trinajstić information content (AvgIpc) is 1.59. The monoisotopic (exact) mass is 146 g/mol. The fourth-order valence-electron chi connectivity index (χ4n) is 0.831. The molecule has 0 radical (unpaired) electrons. The minimum atomic E-state index is -2.39. The highest BCUT2D eigenvalue weighted by Gasteiger charge is 2.12. The van der Waals surface area contributed by atoms with Crippen molar-refractivity contribution in [1.29, 1.82) is 0 Å². The van der Waals surface area contributed by atoms with Crippen LogP contribution in [-0.4, -0.2) is 6.43 Å². The summed E-state index contributed by atoms with van der Waals surface area (Å²) >= 11 is 0. The van der Waals surface area contributed by atoms with E-state index in [1.165, 1.54) is 0 Å². The molecule has 0 aromatic heterocycles. The van der Waals surface area contributed by atoms with E-state index in [-0.39, 0.29) is 5.57 Å². The zero-order valence-electron chi connectivity index (χ0n) is 6.54. The molecule has 58 valence electrons. The van der Waals surface area contributed by atoms with Gasteiger partial charge >= 0.3 is 0 Å². The molecule has 2 heteroatoms. The molecule has 0 saturated heterocycles. The molecule has 10 heavy (non-hydrogen) atoms. The third kappa shape index (κ3) is 2.29. The van der Waals surface area contributed by atoms with Crippen LogP contribution in [0.4, 0.5) is 8.78 Å². The van der Waals surface area contributed by atoms with Crippen LogP contribution in [0.25, 0.3) is 0 Å². The van der Waals surface area contributed by atoms with Gasteiger partial charge in [-0.2, -0.15) is 0 Å². The molecular weight excluding hydrogens is 134 g/mol. The van der Waals surface area contributed by atoms with Crippen molar-refractivity contribution in [2.75, 3.05) is 0 Å². The van der Waals surface area contributed by atoms with Crippen molar-refractivity contribution in [3.05, 3.63) is 23.3 Å². The van der Waals surface area contributed by atoms with Crippen molar-refractivity contribution in [3.63, 3.8) is 0 Å². The molecule has 0 saturated carbocycles. The molecule has 0 bridgehead atoms. The molecule has 0 aliphatic heterocycles. The Hall–Kier alpha value is -0.660. The van der Waals surface area contributed by atoms with E-state index >= 15 is 0 Å². The summed E-state index contributed by atoms with van der Waals surface area (Å²) in [5.74, 6) is 0. The zero-order valence-corrected chi connectivity index (χ0v) is 6.54. The minimum absolute atomic E-state index is 0.0833. The van der Waals surface area contributed by atoms with Gasteiger partial charge in [0.1, 0.15) is 0 Å². The lowest BCUT2D eigenvalue weighted by Crippen LogP contribution is -1.99. The summed E-state index contributed by atoms with van der Waals surface area (Å²) in [5, 5.41) is 0. The number of hydrogen-bond donors (Lipinski definition) is 0. The number of hydrogen-bond acceptors (Lipinski definition) is 0. The summed E-state index contributed by atoms with van der Waals surface area (Å²) in [6, 6.07) is 0. The third-order valence-electron chi connectivity index (χ3n) is 1.22. The summed E-state index contributed by atoms with van der Waals surface area (Å²) in [7, 11) is 0. The SMILES string of the molecule is C=C(C)C(=C(C)C)C(F)F. The van der Waals surface area contributed by atoms with Crippen molar-refractivity contribution >= 4 is 0 Å². The molecule has 0 aliphatic carbocycles. The summed E-state index contributed by atoms with van der Waals surface area (Å²) < 4.78 is 24.2. The number of rotatable bonds is 2. The molecule has 0 amide bonds. The maximum atomic E-state index is 12.1. The van der Waals surface area contributed by atoms with E-state index in [0.717, 1.165) is 0 Å².